The monoisotopic (exact) mass is 412 g/mol. The van der Waals surface area contributed by atoms with Gasteiger partial charge in [0.05, 0.1) is 12.5 Å². The molecule has 2 rings (SSSR count). The van der Waals surface area contributed by atoms with E-state index in [0.29, 0.717) is 23.6 Å². The van der Waals surface area contributed by atoms with Crippen molar-refractivity contribution in [3.63, 3.8) is 0 Å². The number of amides is 4. The van der Waals surface area contributed by atoms with Crippen LogP contribution < -0.4 is 26.4 Å². The van der Waals surface area contributed by atoms with Crippen molar-refractivity contribution < 1.29 is 19.1 Å². The summed E-state index contributed by atoms with van der Waals surface area (Å²) in [6.45, 7) is 4.09. The van der Waals surface area contributed by atoms with Gasteiger partial charge >= 0.3 is 6.03 Å². The standard InChI is InChI=1S/C22H28N4O4/c1-3-12-24-21(28)15(2)25-20(27)14-19(26-22(23)29)16-8-7-11-18(13-16)30-17-9-5-4-6-10-17/h4-11,13,15,19H,3,12,14H2,1-2H3,(H,24,28)(H,25,27)(H3,23,26,29)/t15-,19-/m1/s1. The molecular formula is C22H28N4O4. The Morgan fingerprint density at radius 2 is 1.70 bits per heavy atom. The highest BCUT2D eigenvalue weighted by Crippen LogP contribution is 2.26. The summed E-state index contributed by atoms with van der Waals surface area (Å²) in [5.41, 5.74) is 5.95. The largest absolute Gasteiger partial charge is 0.457 e. The number of benzene rings is 2. The molecule has 8 heteroatoms. The number of para-hydroxylation sites is 1. The van der Waals surface area contributed by atoms with E-state index in [-0.39, 0.29) is 18.2 Å². The first-order chi connectivity index (χ1) is 14.4. The molecule has 0 aromatic heterocycles. The molecule has 8 nitrogen and oxygen atoms in total. The number of urea groups is 1. The molecule has 160 valence electrons. The second-order valence-corrected chi connectivity index (χ2v) is 6.83. The van der Waals surface area contributed by atoms with Crippen LogP contribution in [0.4, 0.5) is 4.79 Å². The van der Waals surface area contributed by atoms with E-state index in [1.54, 1.807) is 31.2 Å². The van der Waals surface area contributed by atoms with E-state index in [1.807, 2.05) is 37.3 Å². The number of carbonyl (C=O) groups excluding carboxylic acids is 3. The van der Waals surface area contributed by atoms with Crippen LogP contribution in [0.3, 0.4) is 0 Å². The highest BCUT2D eigenvalue weighted by atomic mass is 16.5. The van der Waals surface area contributed by atoms with Crippen molar-refractivity contribution in [2.24, 2.45) is 5.73 Å². The van der Waals surface area contributed by atoms with Gasteiger partial charge in [0.1, 0.15) is 17.5 Å². The van der Waals surface area contributed by atoms with Crippen molar-refractivity contribution in [1.82, 2.24) is 16.0 Å². The second kappa shape index (κ2) is 11.5. The molecule has 2 aromatic rings. The summed E-state index contributed by atoms with van der Waals surface area (Å²) < 4.78 is 5.82. The van der Waals surface area contributed by atoms with Gasteiger partial charge in [-0.2, -0.15) is 0 Å². The third-order valence-corrected chi connectivity index (χ3v) is 4.27. The summed E-state index contributed by atoms with van der Waals surface area (Å²) in [5, 5.41) is 7.94. The minimum atomic E-state index is -0.754. The lowest BCUT2D eigenvalue weighted by Crippen LogP contribution is -2.46. The first kappa shape index (κ1) is 22.7. The average Bonchev–Trinajstić information content (AvgIpc) is 2.72. The summed E-state index contributed by atoms with van der Waals surface area (Å²) >= 11 is 0. The third-order valence-electron chi connectivity index (χ3n) is 4.27. The zero-order valence-corrected chi connectivity index (χ0v) is 17.2. The Kier molecular flexibility index (Phi) is 8.68. The number of primary amides is 1. The average molecular weight is 412 g/mol. The van der Waals surface area contributed by atoms with Crippen LogP contribution in [0.1, 0.15) is 38.3 Å². The first-order valence-corrected chi connectivity index (χ1v) is 9.85. The van der Waals surface area contributed by atoms with Crippen LogP contribution >= 0.6 is 0 Å². The molecule has 0 spiro atoms. The maximum absolute atomic E-state index is 12.5. The molecule has 2 aromatic carbocycles. The normalized spacial score (nSPS) is 12.3. The highest BCUT2D eigenvalue weighted by molar-refractivity contribution is 5.87. The van der Waals surface area contributed by atoms with E-state index in [9.17, 15) is 14.4 Å². The Bertz CT molecular complexity index is 857. The van der Waals surface area contributed by atoms with Crippen molar-refractivity contribution in [3.05, 3.63) is 60.2 Å². The van der Waals surface area contributed by atoms with E-state index in [0.717, 1.165) is 6.42 Å². The summed E-state index contributed by atoms with van der Waals surface area (Å²) in [5.74, 6) is 0.576. The van der Waals surface area contributed by atoms with Gasteiger partial charge in [-0.3, -0.25) is 9.59 Å². The molecule has 0 unspecified atom stereocenters. The maximum atomic E-state index is 12.5. The number of carbonyl (C=O) groups is 3. The number of nitrogens with one attached hydrogen (secondary N) is 3. The molecule has 0 aliphatic heterocycles. The molecule has 0 saturated carbocycles. The molecular weight excluding hydrogens is 384 g/mol. The number of hydrogen-bond donors (Lipinski definition) is 4. The van der Waals surface area contributed by atoms with Gasteiger partial charge < -0.3 is 26.4 Å². The fraction of sp³-hybridized carbons (Fsp3) is 0.318. The molecule has 0 radical (unpaired) electrons. The molecule has 5 N–H and O–H groups in total. The number of rotatable bonds is 10. The van der Waals surface area contributed by atoms with Crippen LogP contribution in [0.15, 0.2) is 54.6 Å². The van der Waals surface area contributed by atoms with Crippen LogP contribution in [-0.4, -0.2) is 30.4 Å². The van der Waals surface area contributed by atoms with Crippen molar-refractivity contribution >= 4 is 17.8 Å². The smallest absolute Gasteiger partial charge is 0.312 e. The lowest BCUT2D eigenvalue weighted by molar-refractivity contribution is -0.128. The summed E-state index contributed by atoms with van der Waals surface area (Å²) in [6.07, 6.45) is 0.724. The van der Waals surface area contributed by atoms with Crippen molar-refractivity contribution in [3.8, 4) is 11.5 Å². The zero-order valence-electron chi connectivity index (χ0n) is 17.2. The van der Waals surface area contributed by atoms with Gasteiger partial charge in [0, 0.05) is 6.54 Å². The Balaban J connectivity index is 2.08. The first-order valence-electron chi connectivity index (χ1n) is 9.85. The lowest BCUT2D eigenvalue weighted by Gasteiger charge is -2.20. The SMILES string of the molecule is CCCNC(=O)[C@@H](C)NC(=O)C[C@@H](NC(N)=O)c1cccc(Oc2ccccc2)c1. The van der Waals surface area contributed by atoms with E-state index < -0.39 is 18.1 Å². The van der Waals surface area contributed by atoms with Gasteiger partial charge in [-0.1, -0.05) is 37.3 Å². The van der Waals surface area contributed by atoms with Gasteiger partial charge in [0.25, 0.3) is 0 Å². The van der Waals surface area contributed by atoms with Crippen molar-refractivity contribution in [1.29, 1.82) is 0 Å². The molecule has 0 saturated heterocycles. The minimum Gasteiger partial charge on any atom is -0.457 e. The van der Waals surface area contributed by atoms with Gasteiger partial charge in [0.15, 0.2) is 0 Å². The predicted molar refractivity (Wildman–Crippen MR) is 114 cm³/mol. The van der Waals surface area contributed by atoms with E-state index >= 15 is 0 Å². The fourth-order valence-electron chi connectivity index (χ4n) is 2.80. The Morgan fingerprint density at radius 3 is 2.37 bits per heavy atom. The molecule has 4 amide bonds. The number of ether oxygens (including phenoxy) is 1. The van der Waals surface area contributed by atoms with Gasteiger partial charge in [0.2, 0.25) is 11.8 Å². The number of hydrogen-bond acceptors (Lipinski definition) is 4. The van der Waals surface area contributed by atoms with Crippen molar-refractivity contribution in [2.75, 3.05) is 6.54 Å². The quantitative estimate of drug-likeness (QED) is 0.479. The Hall–Kier alpha value is -3.55. The Morgan fingerprint density at radius 1 is 1.00 bits per heavy atom. The second-order valence-electron chi connectivity index (χ2n) is 6.83. The van der Waals surface area contributed by atoms with Crippen LogP contribution in [0.25, 0.3) is 0 Å². The molecule has 0 bridgehead atoms. The highest BCUT2D eigenvalue weighted by Gasteiger charge is 2.21. The zero-order chi connectivity index (χ0) is 21.9. The summed E-state index contributed by atoms with van der Waals surface area (Å²) in [4.78, 5) is 35.9. The summed E-state index contributed by atoms with van der Waals surface area (Å²) in [7, 11) is 0. The molecule has 0 heterocycles. The van der Waals surface area contributed by atoms with E-state index in [2.05, 4.69) is 16.0 Å². The van der Waals surface area contributed by atoms with Gasteiger partial charge in [-0.25, -0.2) is 4.79 Å². The molecule has 0 aliphatic carbocycles. The minimum absolute atomic E-state index is 0.0802. The maximum Gasteiger partial charge on any atom is 0.312 e. The topological polar surface area (TPSA) is 123 Å². The van der Waals surface area contributed by atoms with Gasteiger partial charge in [-0.15, -0.1) is 0 Å². The molecule has 0 fully saturated rings. The van der Waals surface area contributed by atoms with Crippen LogP contribution in [-0.2, 0) is 9.59 Å². The molecule has 0 aliphatic rings. The van der Waals surface area contributed by atoms with Gasteiger partial charge in [-0.05, 0) is 43.2 Å². The molecule has 2 atom stereocenters. The van der Waals surface area contributed by atoms with Crippen LogP contribution in [0.5, 0.6) is 11.5 Å². The van der Waals surface area contributed by atoms with Crippen LogP contribution in [0, 0.1) is 0 Å². The third kappa shape index (κ3) is 7.46. The Labute approximate surface area is 176 Å². The lowest BCUT2D eigenvalue weighted by atomic mass is 10.0. The van der Waals surface area contributed by atoms with Crippen molar-refractivity contribution in [2.45, 2.75) is 38.8 Å². The predicted octanol–water partition coefficient (Wildman–Crippen LogP) is 2.61. The van der Waals surface area contributed by atoms with E-state index in [1.165, 1.54) is 0 Å². The van der Waals surface area contributed by atoms with Crippen LogP contribution in [0.2, 0.25) is 0 Å². The van der Waals surface area contributed by atoms with E-state index in [4.69, 9.17) is 10.5 Å². The molecule has 30 heavy (non-hydrogen) atoms. The summed E-state index contributed by atoms with van der Waals surface area (Å²) in [6, 6.07) is 14.2. The fourth-order valence-corrected chi connectivity index (χ4v) is 2.80. The number of nitrogens with two attached hydrogens (primary N) is 1.